The van der Waals surface area contributed by atoms with Crippen molar-refractivity contribution in [2.45, 2.75) is 50.5 Å². The summed E-state index contributed by atoms with van der Waals surface area (Å²) in [5.74, 6) is -2.82. The van der Waals surface area contributed by atoms with Gasteiger partial charge in [-0.15, -0.1) is 0 Å². The molecule has 0 bridgehead atoms. The molecule has 116 valence electrons. The number of hydrogen-bond acceptors (Lipinski definition) is 3. The molecule has 0 aromatic rings. The number of halogens is 2. The number of carbonyl (C=O) groups excluding carboxylic acids is 1. The number of nitrogens with two attached hydrogens (primary N) is 1. The second-order valence-electron chi connectivity index (χ2n) is 6.04. The van der Waals surface area contributed by atoms with E-state index in [1.165, 1.54) is 0 Å². The Hall–Kier alpha value is -0.750. The number of amides is 1. The molecule has 1 saturated carbocycles. The van der Waals surface area contributed by atoms with E-state index in [-0.39, 0.29) is 30.7 Å². The summed E-state index contributed by atoms with van der Waals surface area (Å²) < 4.78 is 26.1. The molecule has 0 atom stereocenters. The summed E-state index contributed by atoms with van der Waals surface area (Å²) in [7, 11) is 0. The van der Waals surface area contributed by atoms with Gasteiger partial charge >= 0.3 is 0 Å². The van der Waals surface area contributed by atoms with E-state index in [1.54, 1.807) is 0 Å². The number of nitrogens with one attached hydrogen (secondary N) is 1. The molecule has 1 aliphatic heterocycles. The van der Waals surface area contributed by atoms with E-state index < -0.39 is 5.92 Å². The predicted molar refractivity (Wildman–Crippen MR) is 73.6 cm³/mol. The van der Waals surface area contributed by atoms with Crippen LogP contribution >= 0.6 is 0 Å². The summed E-state index contributed by atoms with van der Waals surface area (Å²) >= 11 is 0. The molecule has 20 heavy (non-hydrogen) atoms. The Morgan fingerprint density at radius 2 is 1.80 bits per heavy atom. The van der Waals surface area contributed by atoms with E-state index in [1.807, 2.05) is 0 Å². The third-order valence-electron chi connectivity index (χ3n) is 4.47. The quantitative estimate of drug-likeness (QED) is 0.821. The van der Waals surface area contributed by atoms with Crippen LogP contribution in [-0.4, -0.2) is 49.0 Å². The number of piperidine rings is 1. The average Bonchev–Trinajstić information content (AvgIpc) is 2.41. The molecule has 1 aliphatic carbocycles. The van der Waals surface area contributed by atoms with Crippen LogP contribution in [0.25, 0.3) is 0 Å². The smallest absolute Gasteiger partial charge is 0.248 e. The predicted octanol–water partition coefficient (Wildman–Crippen LogP) is 1.35. The molecule has 1 saturated heterocycles. The highest BCUT2D eigenvalue weighted by atomic mass is 19.3. The van der Waals surface area contributed by atoms with Gasteiger partial charge in [0.05, 0.1) is 0 Å². The molecular formula is C14H25F2N3O. The van der Waals surface area contributed by atoms with Crippen LogP contribution in [0.4, 0.5) is 8.78 Å². The Morgan fingerprint density at radius 3 is 2.35 bits per heavy atom. The van der Waals surface area contributed by atoms with Crippen LogP contribution in [-0.2, 0) is 4.79 Å². The van der Waals surface area contributed by atoms with Gasteiger partial charge < -0.3 is 16.0 Å². The summed E-state index contributed by atoms with van der Waals surface area (Å²) in [6.45, 7) is 3.46. The van der Waals surface area contributed by atoms with Crippen LogP contribution < -0.4 is 11.1 Å². The minimum atomic E-state index is -2.57. The van der Waals surface area contributed by atoms with Crippen LogP contribution in [0.2, 0.25) is 0 Å². The maximum absolute atomic E-state index is 13.1. The molecule has 0 aromatic carbocycles. The molecule has 1 amide bonds. The van der Waals surface area contributed by atoms with Gasteiger partial charge in [-0.25, -0.2) is 8.78 Å². The summed E-state index contributed by atoms with van der Waals surface area (Å²) in [6, 6.07) is 0.193. The minimum absolute atomic E-state index is 0.0298. The van der Waals surface area contributed by atoms with Crippen molar-refractivity contribution >= 4 is 5.91 Å². The lowest BCUT2D eigenvalue weighted by Crippen LogP contribution is -2.47. The van der Waals surface area contributed by atoms with Crippen LogP contribution in [0.3, 0.4) is 0 Å². The van der Waals surface area contributed by atoms with Crippen molar-refractivity contribution in [3.8, 4) is 0 Å². The van der Waals surface area contributed by atoms with Crippen molar-refractivity contribution in [3.63, 3.8) is 0 Å². The SMILES string of the molecule is NCCN1CCC(NC(=O)C2CCC(F)(F)CC2)CC1. The minimum Gasteiger partial charge on any atom is -0.353 e. The third-order valence-corrected chi connectivity index (χ3v) is 4.47. The van der Waals surface area contributed by atoms with E-state index in [0.717, 1.165) is 32.5 Å². The normalized spacial score (nSPS) is 25.6. The lowest BCUT2D eigenvalue weighted by atomic mass is 9.86. The van der Waals surface area contributed by atoms with Gasteiger partial charge in [-0.2, -0.15) is 0 Å². The molecule has 6 heteroatoms. The van der Waals surface area contributed by atoms with Crippen LogP contribution in [0, 0.1) is 5.92 Å². The summed E-state index contributed by atoms with van der Waals surface area (Å²) in [4.78, 5) is 14.4. The number of likely N-dealkylation sites (tertiary alicyclic amines) is 1. The Balaban J connectivity index is 1.70. The second kappa shape index (κ2) is 6.80. The molecule has 0 spiro atoms. The van der Waals surface area contributed by atoms with E-state index in [4.69, 9.17) is 5.73 Å². The van der Waals surface area contributed by atoms with E-state index >= 15 is 0 Å². The zero-order valence-electron chi connectivity index (χ0n) is 11.9. The maximum Gasteiger partial charge on any atom is 0.248 e. The van der Waals surface area contributed by atoms with Gasteiger partial charge in [-0.05, 0) is 25.7 Å². The fourth-order valence-electron chi connectivity index (χ4n) is 3.10. The number of nitrogens with zero attached hydrogens (tertiary/aromatic N) is 1. The first kappa shape index (κ1) is 15.6. The average molecular weight is 289 g/mol. The van der Waals surface area contributed by atoms with Gasteiger partial charge in [-0.3, -0.25) is 4.79 Å². The Kier molecular flexibility index (Phi) is 5.32. The van der Waals surface area contributed by atoms with Gasteiger partial charge in [0.15, 0.2) is 0 Å². The molecule has 2 fully saturated rings. The van der Waals surface area contributed by atoms with Crippen LogP contribution in [0.1, 0.15) is 38.5 Å². The van der Waals surface area contributed by atoms with Crippen molar-refractivity contribution in [3.05, 3.63) is 0 Å². The Labute approximate surface area is 119 Å². The molecule has 3 N–H and O–H groups in total. The van der Waals surface area contributed by atoms with Crippen molar-refractivity contribution < 1.29 is 13.6 Å². The zero-order chi connectivity index (χ0) is 14.6. The Morgan fingerprint density at radius 1 is 1.20 bits per heavy atom. The lowest BCUT2D eigenvalue weighted by Gasteiger charge is -2.34. The largest absolute Gasteiger partial charge is 0.353 e. The van der Waals surface area contributed by atoms with E-state index in [2.05, 4.69) is 10.2 Å². The molecule has 4 nitrogen and oxygen atoms in total. The van der Waals surface area contributed by atoms with Gasteiger partial charge in [0.1, 0.15) is 0 Å². The highest BCUT2D eigenvalue weighted by Crippen LogP contribution is 2.36. The van der Waals surface area contributed by atoms with Crippen molar-refractivity contribution in [1.29, 1.82) is 0 Å². The molecule has 0 unspecified atom stereocenters. The van der Waals surface area contributed by atoms with E-state index in [0.29, 0.717) is 19.4 Å². The van der Waals surface area contributed by atoms with Crippen molar-refractivity contribution in [2.24, 2.45) is 11.7 Å². The molecular weight excluding hydrogens is 264 g/mol. The van der Waals surface area contributed by atoms with Crippen molar-refractivity contribution in [1.82, 2.24) is 10.2 Å². The van der Waals surface area contributed by atoms with Gasteiger partial charge in [0.25, 0.3) is 0 Å². The monoisotopic (exact) mass is 289 g/mol. The summed E-state index contributed by atoms with van der Waals surface area (Å²) in [5.41, 5.74) is 5.52. The van der Waals surface area contributed by atoms with Gasteiger partial charge in [0, 0.05) is 51.0 Å². The number of rotatable bonds is 4. The maximum atomic E-state index is 13.1. The fraction of sp³-hybridized carbons (Fsp3) is 0.929. The van der Waals surface area contributed by atoms with Gasteiger partial charge in [-0.1, -0.05) is 0 Å². The van der Waals surface area contributed by atoms with E-state index in [9.17, 15) is 13.6 Å². The third kappa shape index (κ3) is 4.38. The standard InChI is InChI=1S/C14H25F2N3O/c15-14(16)5-1-11(2-6-14)13(20)18-12-3-8-19(9-4-12)10-7-17/h11-12H,1-10,17H2,(H,18,20). The fourth-order valence-corrected chi connectivity index (χ4v) is 3.10. The number of alkyl halides is 2. The molecule has 1 heterocycles. The highest BCUT2D eigenvalue weighted by molar-refractivity contribution is 5.79. The topological polar surface area (TPSA) is 58.4 Å². The van der Waals surface area contributed by atoms with Crippen molar-refractivity contribution in [2.75, 3.05) is 26.2 Å². The molecule has 0 aromatic heterocycles. The van der Waals surface area contributed by atoms with Gasteiger partial charge in [0.2, 0.25) is 11.8 Å². The first-order chi connectivity index (χ1) is 9.50. The first-order valence-electron chi connectivity index (χ1n) is 7.61. The molecule has 2 aliphatic rings. The summed E-state index contributed by atoms with van der Waals surface area (Å²) in [6.07, 6.45) is 2.17. The molecule has 0 radical (unpaired) electrons. The van der Waals surface area contributed by atoms with Crippen LogP contribution in [0.15, 0.2) is 0 Å². The van der Waals surface area contributed by atoms with Crippen LogP contribution in [0.5, 0.6) is 0 Å². The lowest BCUT2D eigenvalue weighted by molar-refractivity contribution is -0.130. The molecule has 2 rings (SSSR count). The first-order valence-corrected chi connectivity index (χ1v) is 7.61. The zero-order valence-corrected chi connectivity index (χ0v) is 11.9. The number of carbonyl (C=O) groups is 1. The second-order valence-corrected chi connectivity index (χ2v) is 6.04. The summed E-state index contributed by atoms with van der Waals surface area (Å²) in [5, 5.41) is 3.04. The number of hydrogen-bond donors (Lipinski definition) is 2. The Bertz CT molecular complexity index is 320. The highest BCUT2D eigenvalue weighted by Gasteiger charge is 2.37.